The van der Waals surface area contributed by atoms with Gasteiger partial charge in [0.15, 0.2) is 0 Å². The second-order valence-corrected chi connectivity index (χ2v) is 5.91. The van der Waals surface area contributed by atoms with Crippen LogP contribution >= 0.6 is 43.4 Å². The summed E-state index contributed by atoms with van der Waals surface area (Å²) in [6.07, 6.45) is 1.31. The number of amides is 1. The van der Waals surface area contributed by atoms with Crippen molar-refractivity contribution < 1.29 is 14.7 Å². The maximum absolute atomic E-state index is 11.9. The number of aromatic carboxylic acids is 1. The number of carbonyl (C=O) groups excluding carboxylic acids is 1. The van der Waals surface area contributed by atoms with Crippen molar-refractivity contribution in [2.75, 3.05) is 5.32 Å². The van der Waals surface area contributed by atoms with E-state index in [1.807, 2.05) is 0 Å². The molecule has 2 N–H and O–H groups in total. The Morgan fingerprint density at radius 2 is 2.05 bits per heavy atom. The first-order valence-corrected chi connectivity index (χ1v) is 7.16. The zero-order chi connectivity index (χ0) is 14.0. The number of carboxylic acid groups (broad SMARTS) is 1. The van der Waals surface area contributed by atoms with Crippen molar-refractivity contribution in [2.24, 2.45) is 0 Å². The Bertz CT molecular complexity index is 646. The Morgan fingerprint density at radius 1 is 1.32 bits per heavy atom. The summed E-state index contributed by atoms with van der Waals surface area (Å²) in [5.41, 5.74) is 0.168. The number of rotatable bonds is 3. The fraction of sp³-hybridized carbons (Fsp3) is 0. The summed E-state index contributed by atoms with van der Waals surface area (Å²) in [5, 5.41) is 15.2. The van der Waals surface area contributed by atoms with Gasteiger partial charge in [-0.05, 0) is 39.6 Å². The summed E-state index contributed by atoms with van der Waals surface area (Å²) in [6, 6.07) is 3.06. The second kappa shape index (κ2) is 5.76. The van der Waals surface area contributed by atoms with Gasteiger partial charge in [-0.3, -0.25) is 4.79 Å². The highest BCUT2D eigenvalue weighted by Gasteiger charge is 2.18. The van der Waals surface area contributed by atoms with Crippen LogP contribution in [0.25, 0.3) is 0 Å². The van der Waals surface area contributed by atoms with Gasteiger partial charge in [0, 0.05) is 8.95 Å². The molecule has 0 aliphatic rings. The molecule has 1 aromatic heterocycles. The summed E-state index contributed by atoms with van der Waals surface area (Å²) >= 11 is 7.35. The summed E-state index contributed by atoms with van der Waals surface area (Å²) in [4.78, 5) is 23.4. The number of halogens is 2. The number of hydrogen-bond donors (Lipinski definition) is 2. The smallest absolute Gasteiger partial charge is 0.337 e. The maximum atomic E-state index is 11.9. The molecule has 0 aliphatic heterocycles. The first kappa shape index (κ1) is 14.1. The second-order valence-electron chi connectivity index (χ2n) is 3.35. The highest BCUT2D eigenvalue weighted by molar-refractivity contribution is 9.11. The predicted molar refractivity (Wildman–Crippen MR) is 76.7 cm³/mol. The Balaban J connectivity index is 2.39. The van der Waals surface area contributed by atoms with Crippen LogP contribution in [0.2, 0.25) is 0 Å². The Hall–Kier alpha value is -1.32. The summed E-state index contributed by atoms with van der Waals surface area (Å²) in [7, 11) is 0. The van der Waals surface area contributed by atoms with E-state index in [9.17, 15) is 9.59 Å². The highest BCUT2D eigenvalue weighted by Crippen LogP contribution is 2.31. The van der Waals surface area contributed by atoms with Gasteiger partial charge >= 0.3 is 5.97 Å². The molecule has 0 bridgehead atoms. The standard InChI is InChI=1S/C10H5Br2N3O3S/c11-4-1-5(10(17)18)8(6(12)2-4)14-9(16)7-3-13-15-19-7/h1-3H,(H,14,16)(H,17,18). The van der Waals surface area contributed by atoms with Crippen LogP contribution in [-0.2, 0) is 0 Å². The van der Waals surface area contributed by atoms with Crippen molar-refractivity contribution in [3.8, 4) is 0 Å². The van der Waals surface area contributed by atoms with Gasteiger partial charge in [-0.25, -0.2) is 4.79 Å². The van der Waals surface area contributed by atoms with Gasteiger partial charge in [-0.1, -0.05) is 20.4 Å². The number of carbonyl (C=O) groups is 2. The topological polar surface area (TPSA) is 92.2 Å². The molecule has 6 nitrogen and oxygen atoms in total. The molecule has 0 unspecified atom stereocenters. The minimum absolute atomic E-state index is 0.0212. The van der Waals surface area contributed by atoms with Crippen LogP contribution in [0.4, 0.5) is 5.69 Å². The largest absolute Gasteiger partial charge is 0.478 e. The van der Waals surface area contributed by atoms with Gasteiger partial charge < -0.3 is 10.4 Å². The lowest BCUT2D eigenvalue weighted by Gasteiger charge is -2.10. The molecule has 1 aromatic carbocycles. The van der Waals surface area contributed by atoms with Gasteiger partial charge in [-0.2, -0.15) is 0 Å². The number of aromatic nitrogens is 2. The fourth-order valence-electron chi connectivity index (χ4n) is 1.31. The maximum Gasteiger partial charge on any atom is 0.337 e. The van der Waals surface area contributed by atoms with Crippen LogP contribution in [0.3, 0.4) is 0 Å². The fourth-order valence-corrected chi connectivity index (χ4v) is 3.05. The lowest BCUT2D eigenvalue weighted by Crippen LogP contribution is -2.14. The highest BCUT2D eigenvalue weighted by atomic mass is 79.9. The summed E-state index contributed by atoms with van der Waals surface area (Å²) in [5.74, 6) is -1.60. The predicted octanol–water partition coefficient (Wildman–Crippen LogP) is 3.01. The third-order valence-corrected chi connectivity index (χ3v) is 3.86. The van der Waals surface area contributed by atoms with Crippen molar-refractivity contribution in [3.05, 3.63) is 37.7 Å². The summed E-state index contributed by atoms with van der Waals surface area (Å²) < 4.78 is 4.63. The lowest BCUT2D eigenvalue weighted by molar-refractivity contribution is 0.0698. The zero-order valence-electron chi connectivity index (χ0n) is 9.05. The van der Waals surface area contributed by atoms with Gasteiger partial charge in [0.05, 0.1) is 17.4 Å². The summed E-state index contributed by atoms with van der Waals surface area (Å²) in [6.45, 7) is 0. The average molecular weight is 407 g/mol. The third-order valence-electron chi connectivity index (χ3n) is 2.11. The molecular formula is C10H5Br2N3O3S. The quantitative estimate of drug-likeness (QED) is 0.817. The van der Waals surface area contributed by atoms with Crippen molar-refractivity contribution in [2.45, 2.75) is 0 Å². The number of nitrogens with zero attached hydrogens (tertiary/aromatic N) is 2. The Morgan fingerprint density at radius 3 is 2.63 bits per heavy atom. The van der Waals surface area contributed by atoms with Crippen molar-refractivity contribution in [1.29, 1.82) is 0 Å². The molecule has 0 saturated carbocycles. The van der Waals surface area contributed by atoms with E-state index in [-0.39, 0.29) is 11.3 Å². The lowest BCUT2D eigenvalue weighted by atomic mass is 10.2. The molecule has 1 amide bonds. The first-order chi connectivity index (χ1) is 8.99. The number of hydrogen-bond acceptors (Lipinski definition) is 5. The molecule has 98 valence electrons. The Kier molecular flexibility index (Phi) is 4.27. The van der Waals surface area contributed by atoms with E-state index in [2.05, 4.69) is 46.8 Å². The molecule has 9 heteroatoms. The SMILES string of the molecule is O=C(Nc1c(Br)cc(Br)cc1C(=O)O)c1cnns1. The molecule has 0 saturated heterocycles. The molecule has 1 heterocycles. The molecule has 0 radical (unpaired) electrons. The van der Waals surface area contributed by atoms with Gasteiger partial charge in [-0.15, -0.1) is 5.10 Å². The van der Waals surface area contributed by atoms with Gasteiger partial charge in [0.2, 0.25) is 0 Å². The number of anilines is 1. The molecule has 0 spiro atoms. The molecule has 0 fully saturated rings. The first-order valence-electron chi connectivity index (χ1n) is 4.80. The van der Waals surface area contributed by atoms with Gasteiger partial charge in [0.25, 0.3) is 5.91 Å². The minimum Gasteiger partial charge on any atom is -0.478 e. The molecule has 0 atom stereocenters. The third kappa shape index (κ3) is 3.17. The van der Waals surface area contributed by atoms with Crippen molar-refractivity contribution in [1.82, 2.24) is 9.59 Å². The van der Waals surface area contributed by atoms with E-state index in [0.717, 1.165) is 11.5 Å². The van der Waals surface area contributed by atoms with E-state index in [0.29, 0.717) is 13.8 Å². The molecule has 2 aromatic rings. The zero-order valence-corrected chi connectivity index (χ0v) is 13.0. The van der Waals surface area contributed by atoms with E-state index in [4.69, 9.17) is 5.11 Å². The number of nitrogens with one attached hydrogen (secondary N) is 1. The minimum atomic E-state index is -1.14. The van der Waals surface area contributed by atoms with E-state index in [1.165, 1.54) is 12.3 Å². The van der Waals surface area contributed by atoms with E-state index >= 15 is 0 Å². The molecule has 2 rings (SSSR count). The van der Waals surface area contributed by atoms with Crippen LogP contribution in [0.15, 0.2) is 27.3 Å². The van der Waals surface area contributed by atoms with Gasteiger partial charge in [0.1, 0.15) is 4.88 Å². The Labute approximate surface area is 128 Å². The van der Waals surface area contributed by atoms with Crippen molar-refractivity contribution in [3.63, 3.8) is 0 Å². The monoisotopic (exact) mass is 405 g/mol. The average Bonchev–Trinajstić information content (AvgIpc) is 2.85. The van der Waals surface area contributed by atoms with Crippen LogP contribution in [0.1, 0.15) is 20.0 Å². The normalized spacial score (nSPS) is 10.2. The number of carboxylic acids is 1. The van der Waals surface area contributed by atoms with E-state index < -0.39 is 11.9 Å². The molecule has 0 aliphatic carbocycles. The van der Waals surface area contributed by atoms with Crippen LogP contribution in [0.5, 0.6) is 0 Å². The molecular weight excluding hydrogens is 402 g/mol. The van der Waals surface area contributed by atoms with Crippen LogP contribution in [0, 0.1) is 0 Å². The van der Waals surface area contributed by atoms with Crippen LogP contribution < -0.4 is 5.32 Å². The number of benzene rings is 1. The molecule has 19 heavy (non-hydrogen) atoms. The van der Waals surface area contributed by atoms with Crippen LogP contribution in [-0.4, -0.2) is 26.6 Å². The van der Waals surface area contributed by atoms with E-state index in [1.54, 1.807) is 6.07 Å². The van der Waals surface area contributed by atoms with Crippen molar-refractivity contribution >= 4 is 61.0 Å².